The number of fused-ring (bicyclic) bond motifs is 1. The normalized spacial score (nSPS) is 10.8. The molecule has 0 aliphatic heterocycles. The molecule has 0 fully saturated rings. The molecule has 0 N–H and O–H groups in total. The second-order valence-electron chi connectivity index (χ2n) is 7.17. The van der Waals surface area contributed by atoms with Gasteiger partial charge in [-0.05, 0) is 72.3 Å². The Hall–Kier alpha value is -3.31. The number of rotatable bonds is 6. The van der Waals surface area contributed by atoms with Gasteiger partial charge >= 0.3 is 0 Å². The van der Waals surface area contributed by atoms with Gasteiger partial charge in [0, 0.05) is 45.9 Å². The van der Waals surface area contributed by atoms with Crippen molar-refractivity contribution in [3.05, 3.63) is 77.9 Å². The smallest absolute Gasteiger partial charge is 0.195 e. The highest BCUT2D eigenvalue weighted by molar-refractivity contribution is 7.22. The van der Waals surface area contributed by atoms with Gasteiger partial charge in [-0.1, -0.05) is 0 Å². The van der Waals surface area contributed by atoms with Gasteiger partial charge in [0.2, 0.25) is 0 Å². The summed E-state index contributed by atoms with van der Waals surface area (Å²) >= 11 is 1.60. The number of hydrogen-bond donors (Lipinski definition) is 0. The molecule has 0 bridgehead atoms. The molecule has 0 unspecified atom stereocenters. The SMILES string of the molecule is COc1ccc(-c2sc3cc(OC)ccc3c2C(=O)c2ccc(N(C)C)cc2)cc1. The van der Waals surface area contributed by atoms with E-state index in [0.29, 0.717) is 5.56 Å². The summed E-state index contributed by atoms with van der Waals surface area (Å²) in [7, 11) is 7.27. The maximum absolute atomic E-state index is 13.6. The van der Waals surface area contributed by atoms with Crippen LogP contribution in [0.4, 0.5) is 5.69 Å². The molecule has 4 rings (SSSR count). The van der Waals surface area contributed by atoms with Gasteiger partial charge in [0.15, 0.2) is 5.78 Å². The number of ether oxygens (including phenoxy) is 2. The van der Waals surface area contributed by atoms with E-state index >= 15 is 0 Å². The molecule has 5 heteroatoms. The third kappa shape index (κ3) is 3.64. The Kier molecular flexibility index (Phi) is 5.46. The van der Waals surface area contributed by atoms with Gasteiger partial charge in [-0.3, -0.25) is 4.79 Å². The van der Waals surface area contributed by atoms with Gasteiger partial charge in [0.25, 0.3) is 0 Å². The number of benzene rings is 3. The van der Waals surface area contributed by atoms with Crippen molar-refractivity contribution in [3.63, 3.8) is 0 Å². The first-order valence-corrected chi connectivity index (χ1v) is 10.4. The highest BCUT2D eigenvalue weighted by Gasteiger charge is 2.22. The summed E-state index contributed by atoms with van der Waals surface area (Å²) in [4.78, 5) is 16.6. The Labute approximate surface area is 180 Å². The molecule has 0 radical (unpaired) electrons. The fraction of sp³-hybridized carbons (Fsp3) is 0.160. The molecule has 0 atom stereocenters. The van der Waals surface area contributed by atoms with Crippen LogP contribution in [0.3, 0.4) is 0 Å². The van der Waals surface area contributed by atoms with Gasteiger partial charge < -0.3 is 14.4 Å². The molecule has 0 aliphatic rings. The third-order valence-corrected chi connectivity index (χ3v) is 6.32. The number of anilines is 1. The van der Waals surface area contributed by atoms with Crippen molar-refractivity contribution in [2.75, 3.05) is 33.2 Å². The summed E-state index contributed by atoms with van der Waals surface area (Å²) in [6.07, 6.45) is 0. The average molecular weight is 418 g/mol. The second kappa shape index (κ2) is 8.20. The monoisotopic (exact) mass is 417 g/mol. The number of hydrogen-bond acceptors (Lipinski definition) is 5. The predicted octanol–water partition coefficient (Wildman–Crippen LogP) is 5.88. The van der Waals surface area contributed by atoms with Crippen molar-refractivity contribution < 1.29 is 14.3 Å². The van der Waals surface area contributed by atoms with Gasteiger partial charge in [0.05, 0.1) is 14.2 Å². The van der Waals surface area contributed by atoms with Crippen LogP contribution in [-0.2, 0) is 0 Å². The molecular weight excluding hydrogens is 394 g/mol. The summed E-state index contributed by atoms with van der Waals surface area (Å²) in [5.41, 5.74) is 3.44. The maximum atomic E-state index is 13.6. The van der Waals surface area contributed by atoms with Crippen molar-refractivity contribution in [1.29, 1.82) is 0 Å². The Morgan fingerprint density at radius 3 is 2.07 bits per heavy atom. The first-order valence-electron chi connectivity index (χ1n) is 9.59. The maximum Gasteiger partial charge on any atom is 0.195 e. The lowest BCUT2D eigenvalue weighted by Crippen LogP contribution is -2.09. The molecule has 0 spiro atoms. The van der Waals surface area contributed by atoms with Crippen molar-refractivity contribution in [3.8, 4) is 21.9 Å². The van der Waals surface area contributed by atoms with E-state index in [-0.39, 0.29) is 5.78 Å². The van der Waals surface area contributed by atoms with Gasteiger partial charge in [-0.25, -0.2) is 0 Å². The van der Waals surface area contributed by atoms with Crippen LogP contribution in [0.5, 0.6) is 11.5 Å². The van der Waals surface area contributed by atoms with Crippen LogP contribution >= 0.6 is 11.3 Å². The molecule has 1 heterocycles. The molecule has 0 amide bonds. The van der Waals surface area contributed by atoms with E-state index in [9.17, 15) is 4.79 Å². The van der Waals surface area contributed by atoms with Gasteiger partial charge in [-0.15, -0.1) is 11.3 Å². The fourth-order valence-electron chi connectivity index (χ4n) is 3.43. The lowest BCUT2D eigenvalue weighted by molar-refractivity contribution is 0.104. The summed E-state index contributed by atoms with van der Waals surface area (Å²) in [6.45, 7) is 0. The first-order chi connectivity index (χ1) is 14.5. The molecular formula is C25H23NO3S. The fourth-order valence-corrected chi connectivity index (χ4v) is 4.66. The zero-order valence-corrected chi connectivity index (χ0v) is 18.2. The van der Waals surface area contributed by atoms with Crippen molar-refractivity contribution in [2.24, 2.45) is 0 Å². The lowest BCUT2D eigenvalue weighted by Gasteiger charge is -2.12. The molecule has 30 heavy (non-hydrogen) atoms. The van der Waals surface area contributed by atoms with E-state index in [1.165, 1.54) is 0 Å². The minimum absolute atomic E-state index is 0.0162. The number of nitrogens with zero attached hydrogens (tertiary/aromatic N) is 1. The summed E-state index contributed by atoms with van der Waals surface area (Å²) < 4.78 is 11.7. The Balaban J connectivity index is 1.88. The standard InChI is InChI=1S/C25H23NO3S/c1-26(2)18-9-5-16(6-10-18)24(27)23-21-14-13-20(29-4)15-22(21)30-25(23)17-7-11-19(28-3)12-8-17/h5-15H,1-4H3. The van der Waals surface area contributed by atoms with E-state index in [0.717, 1.165) is 43.3 Å². The number of carbonyl (C=O) groups is 1. The zero-order valence-electron chi connectivity index (χ0n) is 17.4. The molecule has 3 aromatic carbocycles. The molecule has 0 aliphatic carbocycles. The van der Waals surface area contributed by atoms with E-state index in [1.807, 2.05) is 85.7 Å². The number of carbonyl (C=O) groups excluding carboxylic acids is 1. The van der Waals surface area contributed by atoms with Crippen LogP contribution in [0.25, 0.3) is 20.5 Å². The van der Waals surface area contributed by atoms with E-state index < -0.39 is 0 Å². The molecule has 0 saturated heterocycles. The van der Waals surface area contributed by atoms with Crippen molar-refractivity contribution in [1.82, 2.24) is 0 Å². The zero-order chi connectivity index (χ0) is 21.3. The second-order valence-corrected chi connectivity index (χ2v) is 8.22. The van der Waals surface area contributed by atoms with Crippen LogP contribution in [0, 0.1) is 0 Å². The first kappa shape index (κ1) is 20.0. The quantitative estimate of drug-likeness (QED) is 0.367. The molecule has 152 valence electrons. The Morgan fingerprint density at radius 1 is 0.833 bits per heavy atom. The highest BCUT2D eigenvalue weighted by atomic mass is 32.1. The van der Waals surface area contributed by atoms with Crippen LogP contribution in [-0.4, -0.2) is 34.1 Å². The van der Waals surface area contributed by atoms with E-state index in [2.05, 4.69) is 0 Å². The largest absolute Gasteiger partial charge is 0.497 e. The summed E-state index contributed by atoms with van der Waals surface area (Å²) in [5.74, 6) is 1.58. The number of ketones is 1. The van der Waals surface area contributed by atoms with E-state index in [4.69, 9.17) is 9.47 Å². The summed E-state index contributed by atoms with van der Waals surface area (Å²) in [5, 5.41) is 0.938. The third-order valence-electron chi connectivity index (χ3n) is 5.12. The number of methoxy groups -OCH3 is 2. The van der Waals surface area contributed by atoms with Crippen LogP contribution in [0.2, 0.25) is 0 Å². The Bertz CT molecular complexity index is 1190. The Morgan fingerprint density at radius 2 is 1.47 bits per heavy atom. The molecule has 4 aromatic rings. The van der Waals surface area contributed by atoms with Crippen molar-refractivity contribution >= 4 is 32.9 Å². The molecule has 4 nitrogen and oxygen atoms in total. The van der Waals surface area contributed by atoms with Crippen molar-refractivity contribution in [2.45, 2.75) is 0 Å². The predicted molar refractivity (Wildman–Crippen MR) is 125 cm³/mol. The van der Waals surface area contributed by atoms with E-state index in [1.54, 1.807) is 25.6 Å². The minimum Gasteiger partial charge on any atom is -0.497 e. The topological polar surface area (TPSA) is 38.8 Å². The lowest BCUT2D eigenvalue weighted by atomic mass is 9.97. The van der Waals surface area contributed by atoms with Crippen LogP contribution in [0.1, 0.15) is 15.9 Å². The number of thiophene rings is 1. The molecule has 1 aromatic heterocycles. The van der Waals surface area contributed by atoms with Gasteiger partial charge in [0.1, 0.15) is 11.5 Å². The van der Waals surface area contributed by atoms with Crippen LogP contribution < -0.4 is 14.4 Å². The summed E-state index contributed by atoms with van der Waals surface area (Å²) in [6, 6.07) is 21.4. The van der Waals surface area contributed by atoms with Gasteiger partial charge in [-0.2, -0.15) is 0 Å². The average Bonchev–Trinajstić information content (AvgIpc) is 3.17. The minimum atomic E-state index is 0.0162. The highest BCUT2D eigenvalue weighted by Crippen LogP contribution is 2.41. The molecule has 0 saturated carbocycles. The van der Waals surface area contributed by atoms with Crippen LogP contribution in [0.15, 0.2) is 66.7 Å².